The van der Waals surface area contributed by atoms with Crippen LogP contribution in [0.15, 0.2) is 16.8 Å². The van der Waals surface area contributed by atoms with Crippen molar-refractivity contribution in [1.29, 1.82) is 0 Å². The van der Waals surface area contributed by atoms with E-state index in [-0.39, 0.29) is 0 Å². The van der Waals surface area contributed by atoms with Crippen molar-refractivity contribution < 1.29 is 18.3 Å². The number of likely N-dealkylation sites (tertiary alicyclic amines) is 1. The van der Waals surface area contributed by atoms with Gasteiger partial charge in [-0.3, -0.25) is 4.90 Å². The minimum Gasteiger partial charge on any atom is -0.443 e. The normalized spacial score (nSPS) is 20.2. The van der Waals surface area contributed by atoms with Gasteiger partial charge in [-0.15, -0.1) is 0 Å². The smallest absolute Gasteiger partial charge is 0.416 e. The molecule has 1 N–H and O–H groups in total. The largest absolute Gasteiger partial charge is 0.443 e. The average Bonchev–Trinajstić information content (AvgIpc) is 2.36. The van der Waals surface area contributed by atoms with E-state index in [0.717, 1.165) is 18.4 Å². The van der Waals surface area contributed by atoms with Crippen LogP contribution >= 0.6 is 0 Å². The molecule has 0 spiro atoms. The van der Waals surface area contributed by atoms with Crippen LogP contribution in [0.1, 0.15) is 40.5 Å². The summed E-state index contributed by atoms with van der Waals surface area (Å²) in [6.07, 6.45) is 0.359. The highest BCUT2D eigenvalue weighted by molar-refractivity contribution is 6.06. The lowest BCUT2D eigenvalue weighted by atomic mass is 10.0. The molecule has 0 unspecified atom stereocenters. The van der Waals surface area contributed by atoms with Crippen molar-refractivity contribution in [1.82, 2.24) is 10.3 Å². The molecule has 1 aliphatic rings. The fraction of sp³-hybridized carbons (Fsp3) is 0.714. The monoisotopic (exact) mass is 303 g/mol. The lowest BCUT2D eigenvalue weighted by Gasteiger charge is -2.32. The number of amidine groups is 1. The number of hydrazone groups is 1. The number of nitrogens with one attached hydrogen (secondary N) is 1. The second kappa shape index (κ2) is 7.38. The van der Waals surface area contributed by atoms with Crippen molar-refractivity contribution in [3.05, 3.63) is 11.6 Å². The molecule has 1 heterocycles. The second-order valence-corrected chi connectivity index (χ2v) is 5.74. The van der Waals surface area contributed by atoms with Gasteiger partial charge >= 0.3 is 6.09 Å². The number of nitrogens with zero attached hydrogens (tertiary/aromatic N) is 2. The minimum atomic E-state index is -2.50. The molecule has 1 saturated heterocycles. The number of carbonyl (C=O) groups excluding carboxylic acids is 1. The van der Waals surface area contributed by atoms with Gasteiger partial charge in [-0.2, -0.15) is 5.10 Å². The van der Waals surface area contributed by atoms with Gasteiger partial charge in [-0.05, 0) is 46.1 Å². The van der Waals surface area contributed by atoms with Crippen LogP contribution in [0.4, 0.5) is 13.6 Å². The maximum absolute atomic E-state index is 12.2. The van der Waals surface area contributed by atoms with Crippen LogP contribution < -0.4 is 5.43 Å². The third-order valence-electron chi connectivity index (χ3n) is 2.76. The summed E-state index contributed by atoms with van der Waals surface area (Å²) >= 11 is 0. The fourth-order valence-corrected chi connectivity index (χ4v) is 1.91. The predicted molar refractivity (Wildman–Crippen MR) is 77.4 cm³/mol. The molecule has 0 aromatic carbocycles. The zero-order valence-electron chi connectivity index (χ0n) is 12.9. The van der Waals surface area contributed by atoms with Crippen molar-refractivity contribution >= 4 is 11.9 Å². The van der Waals surface area contributed by atoms with Crippen molar-refractivity contribution in [2.24, 2.45) is 5.10 Å². The van der Waals surface area contributed by atoms with E-state index in [4.69, 9.17) is 4.74 Å². The first-order chi connectivity index (χ1) is 9.74. The lowest BCUT2D eigenvalue weighted by molar-refractivity contribution is 0.0361. The topological polar surface area (TPSA) is 53.9 Å². The molecule has 1 aliphatic heterocycles. The Morgan fingerprint density at radius 3 is 2.71 bits per heavy atom. The molecular formula is C14H23F2N3O2. The van der Waals surface area contributed by atoms with Crippen LogP contribution in [-0.2, 0) is 4.74 Å². The standard InChI is InChI=1S/C14H23F2N3O2/c1-5-10-7-6-8-19(13(20)21-14(2,3)4)12(10)18-17-9-11(15)16/h5,11,17H,6-9H2,1-4H3/b10-5-,18-12?. The lowest BCUT2D eigenvalue weighted by Crippen LogP contribution is -2.45. The van der Waals surface area contributed by atoms with E-state index in [0.29, 0.717) is 12.4 Å². The number of piperidine rings is 1. The molecule has 1 rings (SSSR count). The molecule has 0 saturated carbocycles. The molecular weight excluding hydrogens is 280 g/mol. The third-order valence-corrected chi connectivity index (χ3v) is 2.76. The Bertz CT molecular complexity index is 428. The Morgan fingerprint density at radius 1 is 1.52 bits per heavy atom. The van der Waals surface area contributed by atoms with Gasteiger partial charge in [0.1, 0.15) is 5.60 Å². The predicted octanol–water partition coefficient (Wildman–Crippen LogP) is 3.13. The van der Waals surface area contributed by atoms with Crippen LogP contribution in [0.5, 0.6) is 0 Å². The van der Waals surface area contributed by atoms with E-state index < -0.39 is 24.7 Å². The summed E-state index contributed by atoms with van der Waals surface area (Å²) in [5.41, 5.74) is 2.54. The summed E-state index contributed by atoms with van der Waals surface area (Å²) in [4.78, 5) is 13.6. The number of hydrogen-bond acceptors (Lipinski definition) is 4. The fourth-order valence-electron chi connectivity index (χ4n) is 1.91. The summed E-state index contributed by atoms with van der Waals surface area (Å²) in [7, 11) is 0. The van der Waals surface area contributed by atoms with Crippen molar-refractivity contribution in [3.63, 3.8) is 0 Å². The van der Waals surface area contributed by atoms with Crippen molar-refractivity contribution in [2.75, 3.05) is 13.1 Å². The number of amides is 1. The summed E-state index contributed by atoms with van der Waals surface area (Å²) in [6.45, 7) is 7.06. The Kier molecular flexibility index (Phi) is 6.11. The number of ether oxygens (including phenoxy) is 1. The first-order valence-electron chi connectivity index (χ1n) is 6.99. The Hall–Kier alpha value is -1.66. The minimum absolute atomic E-state index is 0.360. The van der Waals surface area contributed by atoms with Gasteiger partial charge in [0, 0.05) is 6.54 Å². The number of allylic oxidation sites excluding steroid dienone is 1. The van der Waals surface area contributed by atoms with Gasteiger partial charge in [0.15, 0.2) is 5.84 Å². The van der Waals surface area contributed by atoms with E-state index in [1.165, 1.54) is 4.90 Å². The molecule has 0 bridgehead atoms. The van der Waals surface area contributed by atoms with Crippen molar-refractivity contribution in [3.8, 4) is 0 Å². The van der Waals surface area contributed by atoms with E-state index in [2.05, 4.69) is 10.5 Å². The van der Waals surface area contributed by atoms with E-state index in [1.54, 1.807) is 20.8 Å². The number of hydrogen-bond donors (Lipinski definition) is 1. The third kappa shape index (κ3) is 5.69. The first-order valence-corrected chi connectivity index (χ1v) is 6.99. The maximum atomic E-state index is 12.2. The molecule has 1 amide bonds. The SMILES string of the molecule is C/C=C1/CCCN(C(=O)OC(C)(C)C)C1=NNCC(F)F. The summed E-state index contributed by atoms with van der Waals surface area (Å²) in [6, 6.07) is 0. The highest BCUT2D eigenvalue weighted by Crippen LogP contribution is 2.21. The van der Waals surface area contributed by atoms with Gasteiger partial charge in [0.2, 0.25) is 0 Å². The molecule has 5 nitrogen and oxygen atoms in total. The number of rotatable bonds is 3. The summed E-state index contributed by atoms with van der Waals surface area (Å²) in [5, 5.41) is 3.95. The molecule has 0 radical (unpaired) electrons. The molecule has 0 atom stereocenters. The van der Waals surface area contributed by atoms with Gasteiger partial charge < -0.3 is 10.2 Å². The first kappa shape index (κ1) is 17.4. The number of carbonyl (C=O) groups is 1. The molecule has 0 aromatic rings. The average molecular weight is 303 g/mol. The summed E-state index contributed by atoms with van der Waals surface area (Å²) < 4.78 is 29.7. The quantitative estimate of drug-likeness (QED) is 0.815. The Labute approximate surface area is 124 Å². The van der Waals surface area contributed by atoms with Gasteiger partial charge in [0.05, 0.1) is 6.54 Å². The van der Waals surface area contributed by atoms with E-state index in [9.17, 15) is 13.6 Å². The zero-order chi connectivity index (χ0) is 16.0. The number of alkyl halides is 2. The van der Waals surface area contributed by atoms with Gasteiger partial charge in [-0.1, -0.05) is 6.08 Å². The van der Waals surface area contributed by atoms with Crippen LogP contribution in [0.25, 0.3) is 0 Å². The highest BCUT2D eigenvalue weighted by atomic mass is 19.3. The zero-order valence-corrected chi connectivity index (χ0v) is 12.9. The van der Waals surface area contributed by atoms with Crippen LogP contribution in [0, 0.1) is 0 Å². The summed E-state index contributed by atoms with van der Waals surface area (Å²) in [5.74, 6) is 0.360. The van der Waals surface area contributed by atoms with Crippen LogP contribution in [0.3, 0.4) is 0 Å². The molecule has 1 fully saturated rings. The van der Waals surface area contributed by atoms with Gasteiger partial charge in [-0.25, -0.2) is 13.6 Å². The van der Waals surface area contributed by atoms with Crippen LogP contribution in [-0.4, -0.2) is 41.9 Å². The maximum Gasteiger partial charge on any atom is 0.416 e. The molecule has 0 aromatic heterocycles. The molecule has 120 valence electrons. The molecule has 21 heavy (non-hydrogen) atoms. The highest BCUT2D eigenvalue weighted by Gasteiger charge is 2.30. The van der Waals surface area contributed by atoms with Crippen LogP contribution in [0.2, 0.25) is 0 Å². The molecule has 0 aliphatic carbocycles. The Morgan fingerprint density at radius 2 is 2.19 bits per heavy atom. The van der Waals surface area contributed by atoms with Crippen molar-refractivity contribution in [2.45, 2.75) is 52.6 Å². The number of halogens is 2. The molecule has 7 heteroatoms. The van der Waals surface area contributed by atoms with E-state index in [1.807, 2.05) is 13.0 Å². The van der Waals surface area contributed by atoms with E-state index >= 15 is 0 Å². The Balaban J connectivity index is 2.89. The second-order valence-electron chi connectivity index (χ2n) is 5.74. The van der Waals surface area contributed by atoms with Gasteiger partial charge in [0.25, 0.3) is 6.43 Å².